The predicted molar refractivity (Wildman–Crippen MR) is 209 cm³/mol. The lowest BCUT2D eigenvalue weighted by atomic mass is 9.88. The highest BCUT2D eigenvalue weighted by Crippen LogP contribution is 2.25. The number of hydrogen-bond donors (Lipinski definition) is 0. The number of ether oxygens (including phenoxy) is 7. The lowest BCUT2D eigenvalue weighted by molar-refractivity contribution is -0.101. The van der Waals surface area contributed by atoms with Crippen LogP contribution < -0.4 is 0 Å². The Kier molecular flexibility index (Phi) is 42.0. The monoisotopic (exact) mass is 705 g/mol. The predicted octanol–water partition coefficient (Wildman–Crippen LogP) is 11.2. The molecule has 298 valence electrons. The van der Waals surface area contributed by atoms with Crippen LogP contribution in [-0.2, 0) is 33.2 Å². The van der Waals surface area contributed by atoms with Crippen LogP contribution in [0.1, 0.15) is 170 Å². The molecule has 0 atom stereocenters. The van der Waals surface area contributed by atoms with Crippen LogP contribution in [0.4, 0.5) is 0 Å². The molecule has 0 saturated heterocycles. The Morgan fingerprint density at radius 3 is 0.694 bits per heavy atom. The topological polar surface area (TPSA) is 64.6 Å². The molecule has 0 rings (SSSR count). The summed E-state index contributed by atoms with van der Waals surface area (Å²) in [6, 6.07) is 0. The fourth-order valence-corrected chi connectivity index (χ4v) is 5.44. The van der Waals surface area contributed by atoms with Gasteiger partial charge in [-0.05, 0) is 44.9 Å². The number of rotatable bonds is 39. The number of unbranched alkanes of at least 4 members (excludes halogenated alkanes) is 12. The normalized spacial score (nSPS) is 12.0. The summed E-state index contributed by atoms with van der Waals surface area (Å²) in [5.74, 6) is 0. The zero-order chi connectivity index (χ0) is 36.6. The minimum Gasteiger partial charge on any atom is -0.384 e. The average molecular weight is 705 g/mol. The lowest BCUT2D eigenvalue weighted by Gasteiger charge is -2.32. The van der Waals surface area contributed by atoms with Gasteiger partial charge in [0.2, 0.25) is 0 Å². The standard InChI is InChI=1S/C21H44O4.C21H44O3/c1-5-8-11-14-23-18-21(17-22-4,19-24-15-12-9-6-2)20-25-16-13-10-7-3;1-5-9-12-15-22-18-21(8-4,19-23-16-13-10-6-2)20-24-17-14-11-7-3/h5-20H2,1-4H3;5-20H2,1-4H3. The van der Waals surface area contributed by atoms with Crippen molar-refractivity contribution in [2.45, 2.75) is 170 Å². The highest BCUT2D eigenvalue weighted by molar-refractivity contribution is 4.80. The van der Waals surface area contributed by atoms with E-state index in [4.69, 9.17) is 33.2 Å². The SMILES string of the molecule is CCCCCOCC(CC)(COCCCCC)COCCCCC.CCCCCOCC(COC)(COCCCCC)COCCCCC. The first-order valence-corrected chi connectivity index (χ1v) is 20.9. The van der Waals surface area contributed by atoms with Crippen molar-refractivity contribution in [1.82, 2.24) is 0 Å². The molecule has 0 unspecified atom stereocenters. The van der Waals surface area contributed by atoms with E-state index in [-0.39, 0.29) is 10.8 Å². The molecule has 0 radical (unpaired) electrons. The van der Waals surface area contributed by atoms with Crippen molar-refractivity contribution >= 4 is 0 Å². The maximum Gasteiger partial charge on any atom is 0.0637 e. The molecule has 0 saturated carbocycles. The van der Waals surface area contributed by atoms with Crippen LogP contribution >= 0.6 is 0 Å². The molecule has 0 bridgehead atoms. The van der Waals surface area contributed by atoms with Crippen LogP contribution in [0.15, 0.2) is 0 Å². The first-order valence-electron chi connectivity index (χ1n) is 20.9. The summed E-state index contributed by atoms with van der Waals surface area (Å²) in [5.41, 5.74) is -0.177. The molecule has 0 aliphatic carbocycles. The molecule has 0 fully saturated rings. The quantitative estimate of drug-likeness (QED) is 0.0590. The number of hydrogen-bond acceptors (Lipinski definition) is 7. The van der Waals surface area contributed by atoms with Crippen LogP contribution in [0.5, 0.6) is 0 Å². The smallest absolute Gasteiger partial charge is 0.0637 e. The van der Waals surface area contributed by atoms with Crippen LogP contribution in [0.25, 0.3) is 0 Å². The summed E-state index contributed by atoms with van der Waals surface area (Å²) in [6.07, 6.45) is 22.7. The lowest BCUT2D eigenvalue weighted by Crippen LogP contribution is -2.41. The maximum absolute atomic E-state index is 5.99. The van der Waals surface area contributed by atoms with Crippen molar-refractivity contribution in [1.29, 1.82) is 0 Å². The van der Waals surface area contributed by atoms with E-state index in [1.54, 1.807) is 7.11 Å². The fourth-order valence-electron chi connectivity index (χ4n) is 5.44. The second-order valence-electron chi connectivity index (χ2n) is 14.3. The van der Waals surface area contributed by atoms with Crippen molar-refractivity contribution in [2.75, 3.05) is 93.0 Å². The molecule has 0 amide bonds. The third-order valence-corrected chi connectivity index (χ3v) is 9.00. The van der Waals surface area contributed by atoms with Crippen LogP contribution in [0.3, 0.4) is 0 Å². The van der Waals surface area contributed by atoms with Crippen molar-refractivity contribution in [3.63, 3.8) is 0 Å². The van der Waals surface area contributed by atoms with Gasteiger partial charge in [0.15, 0.2) is 0 Å². The van der Waals surface area contributed by atoms with Crippen molar-refractivity contribution in [3.05, 3.63) is 0 Å². The van der Waals surface area contributed by atoms with E-state index < -0.39 is 0 Å². The zero-order valence-electron chi connectivity index (χ0n) is 34.5. The van der Waals surface area contributed by atoms with Gasteiger partial charge in [-0.3, -0.25) is 0 Å². The highest BCUT2D eigenvalue weighted by atomic mass is 16.5. The van der Waals surface area contributed by atoms with Gasteiger partial charge in [0, 0.05) is 52.2 Å². The van der Waals surface area contributed by atoms with Gasteiger partial charge in [0.1, 0.15) is 0 Å². The average Bonchev–Trinajstić information content (AvgIpc) is 3.11. The van der Waals surface area contributed by atoms with Gasteiger partial charge in [-0.25, -0.2) is 0 Å². The molecule has 49 heavy (non-hydrogen) atoms. The van der Waals surface area contributed by atoms with E-state index in [9.17, 15) is 0 Å². The van der Waals surface area contributed by atoms with Crippen LogP contribution in [-0.4, -0.2) is 93.0 Å². The molecule has 0 aliphatic rings. The molecule has 0 heterocycles. The molecule has 0 aliphatic heterocycles. The van der Waals surface area contributed by atoms with Crippen molar-refractivity contribution in [2.24, 2.45) is 10.8 Å². The van der Waals surface area contributed by atoms with Gasteiger partial charge in [-0.2, -0.15) is 0 Å². The molecule has 0 spiro atoms. The second-order valence-corrected chi connectivity index (χ2v) is 14.3. The Hall–Kier alpha value is -0.280. The molecule has 7 heteroatoms. The Morgan fingerprint density at radius 2 is 0.510 bits per heavy atom. The van der Waals surface area contributed by atoms with Gasteiger partial charge in [0.25, 0.3) is 0 Å². The molecular weight excluding hydrogens is 616 g/mol. The highest BCUT2D eigenvalue weighted by Gasteiger charge is 2.32. The summed E-state index contributed by atoms with van der Waals surface area (Å²) < 4.78 is 41.4. The molecule has 7 nitrogen and oxygen atoms in total. The molecule has 0 aromatic rings. The zero-order valence-corrected chi connectivity index (χ0v) is 34.5. The summed E-state index contributed by atoms with van der Waals surface area (Å²) in [4.78, 5) is 0. The molecular formula is C42H88O7. The fraction of sp³-hybridized carbons (Fsp3) is 1.00. The summed E-state index contributed by atoms with van der Waals surface area (Å²) >= 11 is 0. The number of methoxy groups -OCH3 is 1. The Morgan fingerprint density at radius 1 is 0.286 bits per heavy atom. The minimum absolute atomic E-state index is 0.0185. The van der Waals surface area contributed by atoms with Gasteiger partial charge in [-0.15, -0.1) is 0 Å². The van der Waals surface area contributed by atoms with Gasteiger partial charge < -0.3 is 33.2 Å². The second kappa shape index (κ2) is 40.5. The first-order chi connectivity index (χ1) is 24.0. The van der Waals surface area contributed by atoms with E-state index >= 15 is 0 Å². The van der Waals surface area contributed by atoms with E-state index in [0.29, 0.717) is 26.4 Å². The summed E-state index contributed by atoms with van der Waals surface area (Å²) in [6.45, 7) is 25.4. The maximum atomic E-state index is 5.99. The third kappa shape index (κ3) is 33.3. The van der Waals surface area contributed by atoms with E-state index in [1.165, 1.54) is 77.0 Å². The Labute approximate surface area is 307 Å². The molecule has 0 aromatic heterocycles. The minimum atomic E-state index is -0.195. The van der Waals surface area contributed by atoms with Gasteiger partial charge >= 0.3 is 0 Å². The first kappa shape index (κ1) is 50.8. The molecule has 0 aromatic carbocycles. The third-order valence-electron chi connectivity index (χ3n) is 9.00. The Balaban J connectivity index is 0. The van der Waals surface area contributed by atoms with Gasteiger partial charge in [0.05, 0.1) is 51.7 Å². The van der Waals surface area contributed by atoms with Crippen LogP contribution in [0, 0.1) is 10.8 Å². The molecule has 0 N–H and O–H groups in total. The van der Waals surface area contributed by atoms with Gasteiger partial charge in [-0.1, -0.05) is 126 Å². The van der Waals surface area contributed by atoms with Crippen LogP contribution in [0.2, 0.25) is 0 Å². The van der Waals surface area contributed by atoms with E-state index in [2.05, 4.69) is 48.5 Å². The summed E-state index contributed by atoms with van der Waals surface area (Å²) in [5, 5.41) is 0. The van der Waals surface area contributed by atoms with Crippen molar-refractivity contribution < 1.29 is 33.2 Å². The Bertz CT molecular complexity index is 532. The largest absolute Gasteiger partial charge is 0.384 e. The van der Waals surface area contributed by atoms with E-state index in [0.717, 1.165) is 104 Å². The van der Waals surface area contributed by atoms with Crippen molar-refractivity contribution in [3.8, 4) is 0 Å². The van der Waals surface area contributed by atoms with E-state index in [1.807, 2.05) is 0 Å². The summed E-state index contributed by atoms with van der Waals surface area (Å²) in [7, 11) is 1.75.